The van der Waals surface area contributed by atoms with E-state index in [0.717, 1.165) is 47.2 Å². The van der Waals surface area contributed by atoms with Crippen molar-refractivity contribution in [3.63, 3.8) is 0 Å². The van der Waals surface area contributed by atoms with Crippen molar-refractivity contribution in [2.24, 2.45) is 0 Å². The Bertz CT molecular complexity index is 614. The van der Waals surface area contributed by atoms with E-state index >= 15 is 0 Å². The van der Waals surface area contributed by atoms with Crippen LogP contribution in [0.1, 0.15) is 31.0 Å². The Morgan fingerprint density at radius 1 is 1.33 bits per heavy atom. The molecule has 0 spiro atoms. The molecule has 0 aliphatic rings. The van der Waals surface area contributed by atoms with Crippen LogP contribution in [0.4, 0.5) is 0 Å². The lowest BCUT2D eigenvalue weighted by Gasteiger charge is -2.08. The number of hydrogen-bond acceptors (Lipinski definition) is 2. The lowest BCUT2D eigenvalue weighted by molar-refractivity contribution is 0.415. The van der Waals surface area contributed by atoms with E-state index in [4.69, 9.17) is 4.74 Å². The van der Waals surface area contributed by atoms with E-state index in [1.54, 1.807) is 7.11 Å². The predicted molar refractivity (Wildman–Crippen MR) is 74.5 cm³/mol. The summed E-state index contributed by atoms with van der Waals surface area (Å²) in [6, 6.07) is 5.53. The Hall–Kier alpha value is -1.77. The van der Waals surface area contributed by atoms with Crippen molar-refractivity contribution in [1.82, 2.24) is 4.98 Å². The molecule has 1 heterocycles. The molecule has 2 aromatic rings. The third kappa shape index (κ3) is 2.26. The first-order valence-corrected chi connectivity index (χ1v) is 6.37. The summed E-state index contributed by atoms with van der Waals surface area (Å²) in [6.07, 6.45) is 2.99. The average molecular weight is 245 g/mol. The molecule has 1 aromatic carbocycles. The van der Waals surface area contributed by atoms with Crippen LogP contribution in [0.25, 0.3) is 10.9 Å². The van der Waals surface area contributed by atoms with Crippen molar-refractivity contribution in [1.29, 1.82) is 0 Å². The van der Waals surface area contributed by atoms with Crippen LogP contribution in [0.5, 0.6) is 5.75 Å². The molecule has 0 aliphatic carbocycles. The Balaban J connectivity index is 2.60. The molecule has 0 atom stereocenters. The number of fused-ring (bicyclic) bond motifs is 1. The maximum absolute atomic E-state index is 12.4. The van der Waals surface area contributed by atoms with Crippen molar-refractivity contribution in [2.45, 2.75) is 33.1 Å². The van der Waals surface area contributed by atoms with Gasteiger partial charge in [0, 0.05) is 22.7 Å². The number of methoxy groups -OCH3 is 1. The number of aryl methyl sites for hydroxylation is 1. The molecule has 0 unspecified atom stereocenters. The summed E-state index contributed by atoms with van der Waals surface area (Å²) in [5, 5.41) is 0.743. The monoisotopic (exact) mass is 245 g/mol. The second kappa shape index (κ2) is 5.25. The number of H-pyrrole nitrogens is 1. The number of ether oxygens (including phenoxy) is 1. The van der Waals surface area contributed by atoms with Crippen LogP contribution >= 0.6 is 0 Å². The van der Waals surface area contributed by atoms with Crippen molar-refractivity contribution in [2.75, 3.05) is 7.11 Å². The highest BCUT2D eigenvalue weighted by Gasteiger charge is 2.09. The first kappa shape index (κ1) is 12.7. The number of unbranched alkanes of at least 4 members (excludes halogenated alkanes) is 1. The fraction of sp³-hybridized carbons (Fsp3) is 0.400. The molecule has 0 bridgehead atoms. The van der Waals surface area contributed by atoms with E-state index < -0.39 is 0 Å². The van der Waals surface area contributed by atoms with Gasteiger partial charge in [0.05, 0.1) is 12.6 Å². The lowest BCUT2D eigenvalue weighted by atomic mass is 10.0. The molecule has 3 nitrogen and oxygen atoms in total. The number of hydrogen-bond donors (Lipinski definition) is 1. The summed E-state index contributed by atoms with van der Waals surface area (Å²) in [6.45, 7) is 4.10. The van der Waals surface area contributed by atoms with Crippen LogP contribution < -0.4 is 10.2 Å². The van der Waals surface area contributed by atoms with Crippen LogP contribution in [0, 0.1) is 6.92 Å². The van der Waals surface area contributed by atoms with Gasteiger partial charge >= 0.3 is 0 Å². The Morgan fingerprint density at radius 2 is 2.11 bits per heavy atom. The van der Waals surface area contributed by atoms with E-state index in [0.29, 0.717) is 0 Å². The van der Waals surface area contributed by atoms with Gasteiger partial charge in [-0.15, -0.1) is 0 Å². The molecule has 0 saturated carbocycles. The van der Waals surface area contributed by atoms with Gasteiger partial charge in [0.1, 0.15) is 5.75 Å². The van der Waals surface area contributed by atoms with Crippen LogP contribution in [0.2, 0.25) is 0 Å². The third-order valence-electron chi connectivity index (χ3n) is 3.30. The van der Waals surface area contributed by atoms with Crippen LogP contribution in [-0.4, -0.2) is 12.1 Å². The summed E-state index contributed by atoms with van der Waals surface area (Å²) < 4.78 is 5.18. The molecule has 0 radical (unpaired) electrons. The molecule has 96 valence electrons. The zero-order chi connectivity index (χ0) is 13.1. The molecule has 2 rings (SSSR count). The van der Waals surface area contributed by atoms with Gasteiger partial charge in [-0.05, 0) is 31.9 Å². The smallest absolute Gasteiger partial charge is 0.192 e. The standard InChI is InChI=1S/C15H19NO2/c1-4-5-6-12-10(2)16-14-9-11(18-3)7-8-13(14)15(12)17/h7-9H,4-6H2,1-3H3,(H,16,17). The molecule has 0 fully saturated rings. The topological polar surface area (TPSA) is 42.1 Å². The minimum Gasteiger partial charge on any atom is -0.497 e. The van der Waals surface area contributed by atoms with Gasteiger partial charge in [-0.2, -0.15) is 0 Å². The second-order valence-corrected chi connectivity index (χ2v) is 4.57. The SMILES string of the molecule is CCCCc1c(C)[nH]c2cc(OC)ccc2c1=O. The van der Waals surface area contributed by atoms with Gasteiger partial charge < -0.3 is 9.72 Å². The van der Waals surface area contributed by atoms with Crippen LogP contribution in [0.3, 0.4) is 0 Å². The highest BCUT2D eigenvalue weighted by atomic mass is 16.5. The summed E-state index contributed by atoms with van der Waals surface area (Å²) in [5.74, 6) is 0.763. The van der Waals surface area contributed by atoms with Gasteiger partial charge in [-0.3, -0.25) is 4.79 Å². The zero-order valence-electron chi connectivity index (χ0n) is 11.2. The largest absolute Gasteiger partial charge is 0.497 e. The van der Waals surface area contributed by atoms with Gasteiger partial charge in [0.25, 0.3) is 0 Å². The highest BCUT2D eigenvalue weighted by molar-refractivity contribution is 5.80. The number of benzene rings is 1. The van der Waals surface area contributed by atoms with Gasteiger partial charge in [-0.25, -0.2) is 0 Å². The summed E-state index contributed by atoms with van der Waals surface area (Å²) in [5.41, 5.74) is 2.87. The quantitative estimate of drug-likeness (QED) is 0.898. The fourth-order valence-electron chi connectivity index (χ4n) is 2.22. The molecule has 1 N–H and O–H groups in total. The van der Waals surface area contributed by atoms with Gasteiger partial charge in [0.15, 0.2) is 5.43 Å². The lowest BCUT2D eigenvalue weighted by Crippen LogP contribution is -2.13. The molecular formula is C15H19NO2. The molecule has 0 amide bonds. The van der Waals surface area contributed by atoms with E-state index in [9.17, 15) is 4.79 Å². The number of nitrogens with one attached hydrogen (secondary N) is 1. The van der Waals surface area contributed by atoms with Crippen LogP contribution in [0.15, 0.2) is 23.0 Å². The van der Waals surface area contributed by atoms with E-state index in [2.05, 4.69) is 11.9 Å². The fourth-order valence-corrected chi connectivity index (χ4v) is 2.22. The predicted octanol–water partition coefficient (Wildman–Crippen LogP) is 3.19. The number of pyridine rings is 1. The summed E-state index contributed by atoms with van der Waals surface area (Å²) >= 11 is 0. The molecule has 3 heteroatoms. The second-order valence-electron chi connectivity index (χ2n) is 4.57. The normalized spacial score (nSPS) is 10.8. The average Bonchev–Trinajstić information content (AvgIpc) is 2.38. The maximum Gasteiger partial charge on any atom is 0.192 e. The molecule has 0 saturated heterocycles. The summed E-state index contributed by atoms with van der Waals surface area (Å²) in [7, 11) is 1.63. The first-order valence-electron chi connectivity index (χ1n) is 6.37. The highest BCUT2D eigenvalue weighted by Crippen LogP contribution is 2.18. The third-order valence-corrected chi connectivity index (χ3v) is 3.30. The molecular weight excluding hydrogens is 226 g/mol. The minimum absolute atomic E-state index is 0.150. The van der Waals surface area contributed by atoms with Crippen LogP contribution in [-0.2, 0) is 6.42 Å². The van der Waals surface area contributed by atoms with E-state index in [1.165, 1.54) is 0 Å². The van der Waals surface area contributed by atoms with Gasteiger partial charge in [-0.1, -0.05) is 13.3 Å². The molecule has 18 heavy (non-hydrogen) atoms. The number of aromatic nitrogens is 1. The van der Waals surface area contributed by atoms with E-state index in [-0.39, 0.29) is 5.43 Å². The zero-order valence-corrected chi connectivity index (χ0v) is 11.2. The summed E-state index contributed by atoms with van der Waals surface area (Å²) in [4.78, 5) is 15.7. The minimum atomic E-state index is 0.150. The Morgan fingerprint density at radius 3 is 2.78 bits per heavy atom. The van der Waals surface area contributed by atoms with Crippen molar-refractivity contribution in [3.05, 3.63) is 39.7 Å². The maximum atomic E-state index is 12.4. The van der Waals surface area contributed by atoms with Crippen molar-refractivity contribution in [3.8, 4) is 5.75 Å². The first-order chi connectivity index (χ1) is 8.67. The Kier molecular flexibility index (Phi) is 3.70. The number of aromatic amines is 1. The van der Waals surface area contributed by atoms with Crippen molar-refractivity contribution >= 4 is 10.9 Å². The molecule has 1 aromatic heterocycles. The molecule has 0 aliphatic heterocycles. The Labute approximate surface area is 107 Å². The number of rotatable bonds is 4. The van der Waals surface area contributed by atoms with E-state index in [1.807, 2.05) is 25.1 Å². The van der Waals surface area contributed by atoms with Crippen molar-refractivity contribution < 1.29 is 4.74 Å². The van der Waals surface area contributed by atoms with Gasteiger partial charge in [0.2, 0.25) is 0 Å².